The number of carbonyl (C=O) groups excluding carboxylic acids is 3. The summed E-state index contributed by atoms with van der Waals surface area (Å²) in [6.45, 7) is 12.4. The Morgan fingerprint density at radius 2 is 1.44 bits per heavy atom. The molecule has 1 aliphatic carbocycles. The highest BCUT2D eigenvalue weighted by Crippen LogP contribution is 2.43. The maximum Gasteiger partial charge on any atom is 0.501 e. The van der Waals surface area contributed by atoms with Crippen LogP contribution < -0.4 is 20.3 Å². The van der Waals surface area contributed by atoms with Gasteiger partial charge in [0.15, 0.2) is 0 Å². The Morgan fingerprint density at radius 3 is 2.12 bits per heavy atom. The van der Waals surface area contributed by atoms with Gasteiger partial charge in [-0.3, -0.25) is 29.5 Å². The van der Waals surface area contributed by atoms with Crippen LogP contribution in [0.3, 0.4) is 0 Å². The Hall–Kier alpha value is -5.74. The predicted molar refractivity (Wildman–Crippen MR) is 308 cm³/mol. The topological polar surface area (TPSA) is 169 Å². The maximum atomic E-state index is 14.5. The number of imide groups is 1. The Balaban J connectivity index is 0.839. The third kappa shape index (κ3) is 14.7. The van der Waals surface area contributed by atoms with Crippen LogP contribution in [-0.4, -0.2) is 132 Å². The zero-order valence-electron chi connectivity index (χ0n) is 44.8. The lowest BCUT2D eigenvalue weighted by atomic mass is 9.73. The number of nitrogens with zero attached hydrogens (tertiary/aromatic N) is 4. The largest absolute Gasteiger partial charge is 0.501 e. The lowest BCUT2D eigenvalue weighted by molar-refractivity contribution is -0.134. The number of hydrogen-bond donors (Lipinski definition) is 3. The highest BCUT2D eigenvalue weighted by atomic mass is 35.5. The van der Waals surface area contributed by atoms with Crippen molar-refractivity contribution in [2.75, 3.05) is 81.4 Å². The van der Waals surface area contributed by atoms with Crippen molar-refractivity contribution in [3.63, 3.8) is 0 Å². The predicted octanol–water partition coefficient (Wildman–Crippen LogP) is 9.84. The summed E-state index contributed by atoms with van der Waals surface area (Å²) in [5.74, 6) is -1.70. The molecular weight excluding hydrogens is 1110 g/mol. The number of amides is 3. The number of allylic oxidation sites excluding steroid dienone is 1. The lowest BCUT2D eigenvalue weighted by Gasteiger charge is -2.39. The number of anilines is 2. The Bertz CT molecular complexity index is 3300. The minimum atomic E-state index is -6.13. The van der Waals surface area contributed by atoms with Crippen LogP contribution in [0.2, 0.25) is 5.02 Å². The third-order valence-electron chi connectivity index (χ3n) is 15.6. The minimum Gasteiger partial charge on any atom is -0.380 e. The van der Waals surface area contributed by atoms with Gasteiger partial charge < -0.3 is 15.1 Å². The summed E-state index contributed by atoms with van der Waals surface area (Å²) >= 11 is 7.64. The Kier molecular flexibility index (Phi) is 18.5. The van der Waals surface area contributed by atoms with Crippen molar-refractivity contribution in [1.29, 1.82) is 0 Å². The molecule has 4 aliphatic rings. The van der Waals surface area contributed by atoms with Crippen molar-refractivity contribution in [3.05, 3.63) is 154 Å². The van der Waals surface area contributed by atoms with E-state index >= 15 is 0 Å². The molecule has 0 aromatic heterocycles. The number of carbonyl (C=O) groups is 3. The van der Waals surface area contributed by atoms with Gasteiger partial charge in [0.05, 0.1) is 16.5 Å². The molecule has 0 bridgehead atoms. The van der Waals surface area contributed by atoms with Crippen molar-refractivity contribution in [2.24, 2.45) is 5.41 Å². The van der Waals surface area contributed by atoms with E-state index < -0.39 is 58.7 Å². The second-order valence-corrected chi connectivity index (χ2v) is 27.0. The number of thioether (sulfide) groups is 1. The number of piperazine rings is 2. The van der Waals surface area contributed by atoms with E-state index in [4.69, 9.17) is 11.6 Å². The van der Waals surface area contributed by atoms with E-state index in [1.165, 1.54) is 40.6 Å². The summed E-state index contributed by atoms with van der Waals surface area (Å²) in [5.41, 5.74) is 0.736. The molecule has 0 saturated carbocycles. The first kappa shape index (κ1) is 58.9. The van der Waals surface area contributed by atoms with Crippen molar-refractivity contribution in [1.82, 2.24) is 24.7 Å². The van der Waals surface area contributed by atoms with Gasteiger partial charge in [-0.15, -0.1) is 11.8 Å². The summed E-state index contributed by atoms with van der Waals surface area (Å²) in [4.78, 5) is 46.0. The van der Waals surface area contributed by atoms with Crippen LogP contribution in [0.15, 0.2) is 142 Å². The minimum absolute atomic E-state index is 0.0192. The van der Waals surface area contributed by atoms with Crippen LogP contribution >= 0.6 is 23.4 Å². The second kappa shape index (κ2) is 25.2. The standard InChI is InChI=1S/C59H67ClF3N7O7S3/c1-58(2)26-24-50(41-12-16-45(60)17-13-41)44(37-58)39-69-32-34-70(35-33-69)47-18-14-42(15-19-47)56(72)66-80(76,77)49-20-22-53(54(36-49)79(74,75)59(61,62)63)64-46(40-78-48-9-4-3-5-10-48)25-27-67-28-30-68(31-29-67)38-43-8-6-7-11-51(43)52-21-23-55(71)65-57(52)73/h3-20,22,36,46,52,64H,21,23-35,37-40H2,1-2H3,(H,66,72)(H,65,71,73)/t46-,52?/m1/s1. The molecule has 21 heteroatoms. The molecule has 3 saturated heterocycles. The zero-order valence-corrected chi connectivity index (χ0v) is 48.0. The molecule has 3 fully saturated rings. The van der Waals surface area contributed by atoms with Crippen LogP contribution in [0.5, 0.6) is 0 Å². The number of nitrogens with one attached hydrogen (secondary N) is 3. The second-order valence-electron chi connectivity index (χ2n) is 21.9. The first-order valence-corrected chi connectivity index (χ1v) is 31.3. The van der Waals surface area contributed by atoms with E-state index in [2.05, 4.69) is 56.2 Å². The van der Waals surface area contributed by atoms with Crippen molar-refractivity contribution in [3.8, 4) is 0 Å². The molecule has 3 N–H and O–H groups in total. The molecule has 426 valence electrons. The van der Waals surface area contributed by atoms with Gasteiger partial charge in [0.1, 0.15) is 4.90 Å². The zero-order chi connectivity index (χ0) is 56.8. The molecule has 80 heavy (non-hydrogen) atoms. The monoisotopic (exact) mass is 1170 g/mol. The fourth-order valence-corrected chi connectivity index (χ4v) is 14.2. The van der Waals surface area contributed by atoms with E-state index in [0.717, 1.165) is 85.8 Å². The average molecular weight is 1170 g/mol. The van der Waals surface area contributed by atoms with Crippen LogP contribution in [0.4, 0.5) is 24.5 Å². The molecule has 9 rings (SSSR count). The first-order chi connectivity index (χ1) is 38.1. The number of sulfonamides is 1. The van der Waals surface area contributed by atoms with E-state index in [9.17, 15) is 44.4 Å². The number of rotatable bonds is 19. The normalized spacial score (nSPS) is 19.4. The molecule has 2 atom stereocenters. The molecule has 1 unspecified atom stereocenters. The molecule has 0 radical (unpaired) electrons. The molecule has 3 aliphatic heterocycles. The van der Waals surface area contributed by atoms with Gasteiger partial charge in [0, 0.05) is 111 Å². The number of piperidine rings is 1. The summed E-state index contributed by atoms with van der Waals surface area (Å²) in [5, 5.41) is 6.20. The van der Waals surface area contributed by atoms with Gasteiger partial charge in [0.25, 0.3) is 25.8 Å². The Morgan fingerprint density at radius 1 is 0.787 bits per heavy atom. The van der Waals surface area contributed by atoms with Gasteiger partial charge in [0.2, 0.25) is 11.8 Å². The van der Waals surface area contributed by atoms with Crippen molar-refractivity contribution in [2.45, 2.75) is 91.1 Å². The SMILES string of the molecule is CC1(C)CCC(c2ccc(Cl)cc2)=C(CN2CCN(c3ccc(C(=O)NS(=O)(=O)c4ccc(N[C@H](CCN5CCN(Cc6ccccc6C6CCC(=O)NC6=O)CC5)CSc5ccccc5)c(S(=O)(=O)C(F)(F)F)c4)cc3)CC2)C1. The highest BCUT2D eigenvalue weighted by Gasteiger charge is 2.48. The molecular formula is C59H67ClF3N7O7S3. The number of sulfone groups is 1. The van der Waals surface area contributed by atoms with Crippen molar-refractivity contribution >= 4 is 77.9 Å². The highest BCUT2D eigenvalue weighted by molar-refractivity contribution is 7.99. The number of benzene rings is 5. The number of halogens is 4. The molecule has 0 spiro atoms. The van der Waals surface area contributed by atoms with Gasteiger partial charge in [-0.1, -0.05) is 85.6 Å². The van der Waals surface area contributed by atoms with Crippen LogP contribution in [-0.2, 0) is 36.0 Å². The molecule has 3 heterocycles. The summed E-state index contributed by atoms with van der Waals surface area (Å²) in [6, 6.07) is 33.4. The fourth-order valence-electron chi connectivity index (χ4n) is 11.1. The average Bonchev–Trinajstić information content (AvgIpc) is 3.52. The summed E-state index contributed by atoms with van der Waals surface area (Å²) in [7, 11) is -11.0. The van der Waals surface area contributed by atoms with Gasteiger partial charge in [-0.2, -0.15) is 13.2 Å². The van der Waals surface area contributed by atoms with Crippen LogP contribution in [0, 0.1) is 5.41 Å². The van der Waals surface area contributed by atoms with Gasteiger partial charge in [-0.05, 0) is 127 Å². The molecule has 5 aromatic carbocycles. The Labute approximate surface area is 476 Å². The summed E-state index contributed by atoms with van der Waals surface area (Å²) in [6.07, 6.45) is 4.23. The summed E-state index contributed by atoms with van der Waals surface area (Å²) < 4.78 is 99.6. The fraction of sp³-hybridized carbons (Fsp3) is 0.407. The van der Waals surface area contributed by atoms with E-state index in [1.54, 1.807) is 12.1 Å². The van der Waals surface area contributed by atoms with Gasteiger partial charge >= 0.3 is 5.51 Å². The van der Waals surface area contributed by atoms with Crippen LogP contribution in [0.25, 0.3) is 5.57 Å². The van der Waals surface area contributed by atoms with Crippen molar-refractivity contribution < 1.29 is 44.4 Å². The lowest BCUT2D eigenvalue weighted by Crippen LogP contribution is -2.47. The van der Waals surface area contributed by atoms with E-state index in [0.29, 0.717) is 69.0 Å². The first-order valence-electron chi connectivity index (χ1n) is 27.0. The smallest absolute Gasteiger partial charge is 0.380 e. The van der Waals surface area contributed by atoms with E-state index in [-0.39, 0.29) is 29.2 Å². The number of hydrogen-bond acceptors (Lipinski definition) is 13. The quantitative estimate of drug-likeness (QED) is 0.0529. The number of alkyl halides is 3. The van der Waals surface area contributed by atoms with Gasteiger partial charge in [-0.25, -0.2) is 21.6 Å². The van der Waals surface area contributed by atoms with Crippen LogP contribution in [0.1, 0.15) is 85.3 Å². The molecule has 14 nitrogen and oxygen atoms in total. The maximum absolute atomic E-state index is 14.5. The molecule has 3 amide bonds. The van der Waals surface area contributed by atoms with E-state index in [1.807, 2.05) is 71.5 Å². The molecule has 5 aromatic rings. The third-order valence-corrected chi connectivity index (χ3v) is 19.9.